The number of nitrogens with two attached hydrogens (primary N) is 1. The fourth-order valence-electron chi connectivity index (χ4n) is 8.38. The Kier molecular flexibility index (Phi) is 20.7. The van der Waals surface area contributed by atoms with Crippen molar-refractivity contribution in [2.45, 2.75) is 83.6 Å². The second-order valence-electron chi connectivity index (χ2n) is 18.8. The number of primary amides is 1. The molecule has 0 saturated heterocycles. The van der Waals surface area contributed by atoms with E-state index in [0.29, 0.717) is 16.2 Å². The number of carbonyl (C=O) groups excluding carboxylic acids is 9. The average Bonchev–Trinajstić information content (AvgIpc) is 3.92. The summed E-state index contributed by atoms with van der Waals surface area (Å²) >= 11 is 0. The maximum Gasteiger partial charge on any atom is 0.303 e. The van der Waals surface area contributed by atoms with Crippen molar-refractivity contribution in [1.29, 1.82) is 0 Å². The number of aliphatic carboxylic acids is 1. The smallest absolute Gasteiger partial charge is 0.303 e. The van der Waals surface area contributed by atoms with Gasteiger partial charge in [0.05, 0.1) is 18.9 Å². The zero-order valence-corrected chi connectivity index (χ0v) is 41.9. The van der Waals surface area contributed by atoms with Crippen LogP contribution in [0.4, 0.5) is 8.78 Å². The van der Waals surface area contributed by atoms with E-state index in [-0.39, 0.29) is 43.7 Å². The number of aliphatic hydroxyl groups excluding tert-OH is 1. The lowest BCUT2D eigenvalue weighted by Gasteiger charge is -2.41. The molecule has 404 valence electrons. The van der Waals surface area contributed by atoms with E-state index in [1.165, 1.54) is 17.3 Å². The highest BCUT2D eigenvalue weighted by atomic mass is 19.1. The predicted octanol–water partition coefficient (Wildman–Crippen LogP) is 0.770. The summed E-state index contributed by atoms with van der Waals surface area (Å²) in [4.78, 5) is 135. The first kappa shape index (κ1) is 58.2. The molecule has 2 aromatic carbocycles. The molecule has 5 rings (SSSR count). The first-order chi connectivity index (χ1) is 36.0. The number of carboxylic acid groups (broad SMARTS) is 1. The van der Waals surface area contributed by atoms with E-state index in [9.17, 15) is 62.5 Å². The minimum absolute atomic E-state index is 0.0685. The molecule has 9 amide bonds. The topological polar surface area (TPSA) is 322 Å². The quantitative estimate of drug-likeness (QED) is 0.0303. The SMILES string of the molecule is CC(C)(C)C(c1cc(-c2cc(F)ccc2F)cn1Cc1ccccc1)N(CCC(NC(=O)C(CC(N)=O)NC(=O)Cc1ccncc1)C(=O)NCCNC(=O)C(CCC(=O)O)NC(=O)CN1C(=O)C=CC1=O)C(=O)CO. The number of imide groups is 1. The van der Waals surface area contributed by atoms with Crippen molar-refractivity contribution in [2.75, 3.05) is 32.8 Å². The number of rotatable bonds is 27. The molecule has 2 aromatic heterocycles. The molecular formula is C52H60F2N10O12. The molecule has 22 nitrogen and oxygen atoms in total. The molecule has 0 saturated carbocycles. The molecule has 3 heterocycles. The number of nitrogens with zero attached hydrogens (tertiary/aromatic N) is 4. The van der Waals surface area contributed by atoms with Crippen LogP contribution in [0.5, 0.6) is 0 Å². The Bertz CT molecular complexity index is 2800. The summed E-state index contributed by atoms with van der Waals surface area (Å²) in [5.74, 6) is -10.5. The van der Waals surface area contributed by atoms with E-state index in [2.05, 4.69) is 31.6 Å². The Labute approximate surface area is 435 Å². The summed E-state index contributed by atoms with van der Waals surface area (Å²) in [6.07, 6.45) is 4.09. The molecule has 0 radical (unpaired) electrons. The third-order valence-electron chi connectivity index (χ3n) is 11.9. The number of halogens is 2. The summed E-state index contributed by atoms with van der Waals surface area (Å²) < 4.78 is 31.8. The molecule has 1 aliphatic heterocycles. The van der Waals surface area contributed by atoms with Crippen LogP contribution in [0.2, 0.25) is 0 Å². The van der Waals surface area contributed by atoms with Gasteiger partial charge in [-0.05, 0) is 65.8 Å². The van der Waals surface area contributed by atoms with Gasteiger partial charge in [0, 0.05) is 80.2 Å². The van der Waals surface area contributed by atoms with Crippen LogP contribution >= 0.6 is 0 Å². The lowest BCUT2D eigenvalue weighted by atomic mass is 9.82. The van der Waals surface area contributed by atoms with Gasteiger partial charge in [-0.15, -0.1) is 0 Å². The van der Waals surface area contributed by atoms with Gasteiger partial charge < -0.3 is 52.0 Å². The Balaban J connectivity index is 1.43. The Morgan fingerprint density at radius 2 is 1.38 bits per heavy atom. The normalized spacial score (nSPS) is 13.7. The van der Waals surface area contributed by atoms with Gasteiger partial charge in [-0.25, -0.2) is 8.78 Å². The fourth-order valence-corrected chi connectivity index (χ4v) is 8.38. The Hall–Kier alpha value is -8.67. The summed E-state index contributed by atoms with van der Waals surface area (Å²) in [5.41, 5.74) is 6.53. The third-order valence-corrected chi connectivity index (χ3v) is 11.9. The number of nitrogens with one attached hydrogen (secondary N) is 5. The number of carbonyl (C=O) groups is 10. The molecule has 0 aliphatic carbocycles. The molecule has 24 heteroatoms. The van der Waals surface area contributed by atoms with E-state index >= 15 is 4.39 Å². The van der Waals surface area contributed by atoms with Gasteiger partial charge in [-0.2, -0.15) is 0 Å². The monoisotopic (exact) mass is 1050 g/mol. The maximum atomic E-state index is 15.4. The average molecular weight is 1060 g/mol. The number of hydrogen-bond acceptors (Lipinski definition) is 12. The van der Waals surface area contributed by atoms with Crippen LogP contribution in [0.15, 0.2) is 97.5 Å². The van der Waals surface area contributed by atoms with Crippen molar-refractivity contribution in [2.24, 2.45) is 11.1 Å². The highest BCUT2D eigenvalue weighted by molar-refractivity contribution is 6.14. The van der Waals surface area contributed by atoms with Gasteiger partial charge in [-0.1, -0.05) is 51.1 Å². The summed E-state index contributed by atoms with van der Waals surface area (Å²) in [6.45, 7) is 2.72. The first-order valence-electron chi connectivity index (χ1n) is 24.0. The van der Waals surface area contributed by atoms with Crippen molar-refractivity contribution in [1.82, 2.24) is 45.9 Å². The molecule has 1 aliphatic rings. The third kappa shape index (κ3) is 16.9. The summed E-state index contributed by atoms with van der Waals surface area (Å²) in [6, 6.07) is 11.2. The number of amides is 9. The van der Waals surface area contributed by atoms with Crippen LogP contribution in [0.1, 0.15) is 69.3 Å². The Morgan fingerprint density at radius 1 is 0.763 bits per heavy atom. The van der Waals surface area contributed by atoms with E-state index < -0.39 is 139 Å². The highest BCUT2D eigenvalue weighted by Crippen LogP contribution is 2.41. The number of aromatic nitrogens is 2. The largest absolute Gasteiger partial charge is 0.481 e. The van der Waals surface area contributed by atoms with Crippen LogP contribution < -0.4 is 32.3 Å². The number of pyridine rings is 1. The lowest BCUT2D eigenvalue weighted by molar-refractivity contribution is -0.141. The fraction of sp³-hybridized carbons (Fsp3) is 0.365. The maximum absolute atomic E-state index is 15.4. The second kappa shape index (κ2) is 27.0. The summed E-state index contributed by atoms with van der Waals surface area (Å²) in [5, 5.41) is 32.1. The van der Waals surface area contributed by atoms with Crippen molar-refractivity contribution >= 4 is 59.1 Å². The minimum atomic E-state index is -1.61. The van der Waals surface area contributed by atoms with E-state index in [1.807, 2.05) is 30.3 Å². The molecule has 0 fully saturated rings. The molecule has 76 heavy (non-hydrogen) atoms. The van der Waals surface area contributed by atoms with E-state index in [4.69, 9.17) is 5.73 Å². The van der Waals surface area contributed by atoms with Crippen molar-refractivity contribution in [3.8, 4) is 11.1 Å². The van der Waals surface area contributed by atoms with Crippen LogP contribution in [0.3, 0.4) is 0 Å². The van der Waals surface area contributed by atoms with Crippen LogP contribution in [-0.2, 0) is 60.9 Å². The summed E-state index contributed by atoms with van der Waals surface area (Å²) in [7, 11) is 0. The molecule has 4 unspecified atom stereocenters. The van der Waals surface area contributed by atoms with Crippen LogP contribution in [-0.4, -0.2) is 140 Å². The predicted molar refractivity (Wildman–Crippen MR) is 267 cm³/mol. The molecule has 0 spiro atoms. The zero-order valence-electron chi connectivity index (χ0n) is 41.9. The van der Waals surface area contributed by atoms with E-state index in [1.54, 1.807) is 49.7 Å². The highest BCUT2D eigenvalue weighted by Gasteiger charge is 2.39. The van der Waals surface area contributed by atoms with Crippen molar-refractivity contribution in [3.63, 3.8) is 0 Å². The number of hydrogen-bond donors (Lipinski definition) is 8. The first-order valence-corrected chi connectivity index (χ1v) is 24.0. The van der Waals surface area contributed by atoms with Gasteiger partial charge in [0.25, 0.3) is 11.8 Å². The number of benzene rings is 2. The number of carboxylic acids is 1. The molecular weight excluding hydrogens is 995 g/mol. The lowest BCUT2D eigenvalue weighted by Crippen LogP contribution is -2.56. The molecule has 0 bridgehead atoms. The number of aliphatic hydroxyl groups is 1. The van der Waals surface area contributed by atoms with Gasteiger partial charge in [-0.3, -0.25) is 57.8 Å². The van der Waals surface area contributed by atoms with Gasteiger partial charge in [0.1, 0.15) is 42.9 Å². The van der Waals surface area contributed by atoms with Gasteiger partial charge >= 0.3 is 5.97 Å². The zero-order chi connectivity index (χ0) is 55.7. The van der Waals surface area contributed by atoms with E-state index in [0.717, 1.165) is 35.9 Å². The van der Waals surface area contributed by atoms with Crippen LogP contribution in [0.25, 0.3) is 11.1 Å². The molecule has 4 atom stereocenters. The standard InChI is InChI=1S/C52H60F2N10O12/c1-52(2,3)48(40-24-33(35-25-34(53)9-10-36(35)54)28-62(40)27-32-7-5-4-6-8-32)63(46(71)30-65)22-17-38(61-51(76)39(26-41(55)66)60-42(67)23-31-15-18-56-19-16-31)50(75)58-21-20-57-49(74)37(11-14-47(72)73)59-43(68)29-64-44(69)12-13-45(64)70/h4-10,12-13,15-16,18-19,24-25,28,37-39,48,65H,11,14,17,20-23,26-27,29-30H2,1-3H3,(H2,55,66)(H,57,74)(H,58,75)(H,59,68)(H,60,67)(H,61,76)(H,72,73). The van der Waals surface area contributed by atoms with Gasteiger partial charge in [0.15, 0.2) is 0 Å². The Morgan fingerprint density at radius 3 is 1.97 bits per heavy atom. The minimum Gasteiger partial charge on any atom is -0.481 e. The molecule has 9 N–H and O–H groups in total. The van der Waals surface area contributed by atoms with Gasteiger partial charge in [0.2, 0.25) is 41.4 Å². The molecule has 4 aromatic rings. The van der Waals surface area contributed by atoms with Crippen molar-refractivity contribution in [3.05, 3.63) is 126 Å². The second-order valence-corrected chi connectivity index (χ2v) is 18.8. The van der Waals surface area contributed by atoms with Crippen molar-refractivity contribution < 1.29 is 66.9 Å². The van der Waals surface area contributed by atoms with Crippen LogP contribution in [0, 0.1) is 17.0 Å².